The van der Waals surface area contributed by atoms with Gasteiger partial charge < -0.3 is 18.9 Å². The van der Waals surface area contributed by atoms with Gasteiger partial charge in [-0.2, -0.15) is 4.98 Å². The lowest BCUT2D eigenvalue weighted by molar-refractivity contribution is -0.137. The van der Waals surface area contributed by atoms with Crippen LogP contribution in [-0.2, 0) is 22.7 Å². The van der Waals surface area contributed by atoms with Gasteiger partial charge in [0, 0.05) is 13.3 Å². The lowest BCUT2D eigenvalue weighted by Gasteiger charge is -2.01. The van der Waals surface area contributed by atoms with Crippen LogP contribution in [0.5, 0.6) is 0 Å². The fraction of sp³-hybridized carbons (Fsp3) is 0.300. The van der Waals surface area contributed by atoms with E-state index in [-0.39, 0.29) is 19.0 Å². The molecule has 7 heteroatoms. The summed E-state index contributed by atoms with van der Waals surface area (Å²) in [5.41, 5.74) is 0.572. The Bertz CT molecular complexity index is 517. The lowest BCUT2D eigenvalue weighted by Crippen LogP contribution is -2.08. The normalized spacial score (nSPS) is 10.6. The molecule has 2 heterocycles. The highest BCUT2D eigenvalue weighted by atomic mass is 16.5. The number of aromatic nitrogens is 3. The van der Waals surface area contributed by atoms with Crippen molar-refractivity contribution in [2.45, 2.75) is 13.2 Å². The molecule has 90 valence electrons. The highest BCUT2D eigenvalue weighted by molar-refractivity contribution is 5.67. The number of rotatable bonds is 5. The number of ether oxygens (including phenoxy) is 1. The van der Waals surface area contributed by atoms with Crippen LogP contribution < -0.4 is 0 Å². The number of aliphatic carboxylic acids is 1. The van der Waals surface area contributed by atoms with Gasteiger partial charge in [0.25, 0.3) is 5.89 Å². The van der Waals surface area contributed by atoms with Crippen molar-refractivity contribution < 1.29 is 19.2 Å². The van der Waals surface area contributed by atoms with Gasteiger partial charge in [0.2, 0.25) is 0 Å². The van der Waals surface area contributed by atoms with Crippen LogP contribution in [0, 0.1) is 0 Å². The van der Waals surface area contributed by atoms with Gasteiger partial charge in [-0.05, 0) is 12.1 Å². The molecule has 0 saturated carbocycles. The second-order valence-corrected chi connectivity index (χ2v) is 3.36. The molecule has 0 aliphatic carbocycles. The number of hydrogen-bond acceptors (Lipinski definition) is 5. The van der Waals surface area contributed by atoms with Gasteiger partial charge in [0.15, 0.2) is 5.82 Å². The standard InChI is InChI=1S/C10H11N3O4/c1-16-6-8-11-10(17-12-8)7-3-2-4-13(7)5-9(14)15/h2-4H,5-6H2,1H3,(H,14,15). The van der Waals surface area contributed by atoms with Crippen LogP contribution in [0.3, 0.4) is 0 Å². The molecule has 17 heavy (non-hydrogen) atoms. The SMILES string of the molecule is COCc1noc(-c2cccn2CC(=O)O)n1. The number of hydrogen-bond donors (Lipinski definition) is 1. The summed E-state index contributed by atoms with van der Waals surface area (Å²) in [5, 5.41) is 12.4. The first kappa shape index (κ1) is 11.3. The van der Waals surface area contributed by atoms with E-state index in [9.17, 15) is 4.79 Å². The van der Waals surface area contributed by atoms with Crippen molar-refractivity contribution in [1.29, 1.82) is 0 Å². The first-order valence-electron chi connectivity index (χ1n) is 4.89. The van der Waals surface area contributed by atoms with Crippen molar-refractivity contribution >= 4 is 5.97 Å². The monoisotopic (exact) mass is 237 g/mol. The Morgan fingerprint density at radius 2 is 2.47 bits per heavy atom. The largest absolute Gasteiger partial charge is 0.480 e. The maximum atomic E-state index is 10.7. The Kier molecular flexibility index (Phi) is 3.20. The van der Waals surface area contributed by atoms with E-state index in [0.29, 0.717) is 11.5 Å². The first-order valence-corrected chi connectivity index (χ1v) is 4.89. The predicted octanol–water partition coefficient (Wildman–Crippen LogP) is 0.769. The zero-order valence-corrected chi connectivity index (χ0v) is 9.16. The van der Waals surface area contributed by atoms with Crippen molar-refractivity contribution in [3.8, 4) is 11.6 Å². The Morgan fingerprint density at radius 3 is 3.18 bits per heavy atom. The van der Waals surface area contributed by atoms with Crippen LogP contribution in [0.4, 0.5) is 0 Å². The Labute approximate surface area is 96.6 Å². The average molecular weight is 237 g/mol. The minimum Gasteiger partial charge on any atom is -0.480 e. The molecule has 0 atom stereocenters. The van der Waals surface area contributed by atoms with Crippen LogP contribution in [-0.4, -0.2) is 32.9 Å². The molecule has 7 nitrogen and oxygen atoms in total. The molecule has 2 aromatic heterocycles. The summed E-state index contributed by atoms with van der Waals surface area (Å²) in [6.07, 6.45) is 1.64. The summed E-state index contributed by atoms with van der Waals surface area (Å²) < 4.78 is 11.4. The zero-order valence-electron chi connectivity index (χ0n) is 9.16. The molecule has 0 aliphatic rings. The van der Waals surface area contributed by atoms with Crippen molar-refractivity contribution in [3.05, 3.63) is 24.2 Å². The van der Waals surface area contributed by atoms with Crippen molar-refractivity contribution in [2.24, 2.45) is 0 Å². The average Bonchev–Trinajstić information content (AvgIpc) is 2.86. The fourth-order valence-corrected chi connectivity index (χ4v) is 1.44. The number of nitrogens with zero attached hydrogens (tertiary/aromatic N) is 3. The second-order valence-electron chi connectivity index (χ2n) is 3.36. The molecule has 2 aromatic rings. The van der Waals surface area contributed by atoms with Gasteiger partial charge in [-0.3, -0.25) is 4.79 Å². The van der Waals surface area contributed by atoms with E-state index in [1.54, 1.807) is 18.3 Å². The molecule has 0 fully saturated rings. The summed E-state index contributed by atoms with van der Waals surface area (Å²) in [6, 6.07) is 3.44. The van der Waals surface area contributed by atoms with E-state index < -0.39 is 5.97 Å². The van der Waals surface area contributed by atoms with Crippen LogP contribution in [0.1, 0.15) is 5.82 Å². The highest BCUT2D eigenvalue weighted by Gasteiger charge is 2.13. The van der Waals surface area contributed by atoms with E-state index in [1.807, 2.05) is 0 Å². The van der Waals surface area contributed by atoms with Crippen LogP contribution in [0.25, 0.3) is 11.6 Å². The van der Waals surface area contributed by atoms with E-state index >= 15 is 0 Å². The number of carbonyl (C=O) groups is 1. The second kappa shape index (κ2) is 4.79. The Balaban J connectivity index is 2.26. The van der Waals surface area contributed by atoms with Crippen molar-refractivity contribution in [3.63, 3.8) is 0 Å². The van der Waals surface area contributed by atoms with Crippen LogP contribution >= 0.6 is 0 Å². The van der Waals surface area contributed by atoms with Crippen LogP contribution in [0.2, 0.25) is 0 Å². The minimum atomic E-state index is -0.931. The molecule has 0 aliphatic heterocycles. The summed E-state index contributed by atoms with van der Waals surface area (Å²) in [6.45, 7) is 0.105. The first-order chi connectivity index (χ1) is 8.20. The zero-order chi connectivity index (χ0) is 12.3. The molecule has 0 bridgehead atoms. The highest BCUT2D eigenvalue weighted by Crippen LogP contribution is 2.18. The molecule has 0 amide bonds. The molecule has 2 rings (SSSR count). The van der Waals surface area contributed by atoms with Gasteiger partial charge in [-0.25, -0.2) is 0 Å². The van der Waals surface area contributed by atoms with Gasteiger partial charge in [0.1, 0.15) is 18.8 Å². The molecule has 0 spiro atoms. The van der Waals surface area contributed by atoms with E-state index in [4.69, 9.17) is 14.4 Å². The quantitative estimate of drug-likeness (QED) is 0.825. The third-order valence-electron chi connectivity index (χ3n) is 2.10. The van der Waals surface area contributed by atoms with E-state index in [0.717, 1.165) is 0 Å². The van der Waals surface area contributed by atoms with E-state index in [1.165, 1.54) is 11.7 Å². The molecule has 0 radical (unpaired) electrons. The number of methoxy groups -OCH3 is 1. The van der Waals surface area contributed by atoms with Gasteiger partial charge in [-0.1, -0.05) is 5.16 Å². The maximum absolute atomic E-state index is 10.7. The van der Waals surface area contributed by atoms with Gasteiger partial charge >= 0.3 is 5.97 Å². The summed E-state index contributed by atoms with van der Waals surface area (Å²) in [4.78, 5) is 14.7. The third kappa shape index (κ3) is 2.51. The topological polar surface area (TPSA) is 90.4 Å². The van der Waals surface area contributed by atoms with Crippen molar-refractivity contribution in [1.82, 2.24) is 14.7 Å². The summed E-state index contributed by atoms with van der Waals surface area (Å²) >= 11 is 0. The Hall–Kier alpha value is -2.15. The number of carboxylic acid groups (broad SMARTS) is 1. The molecule has 0 unspecified atom stereocenters. The molecular weight excluding hydrogens is 226 g/mol. The van der Waals surface area contributed by atoms with Crippen LogP contribution in [0.15, 0.2) is 22.9 Å². The van der Waals surface area contributed by atoms with Gasteiger partial charge in [-0.15, -0.1) is 0 Å². The van der Waals surface area contributed by atoms with Crippen molar-refractivity contribution in [2.75, 3.05) is 7.11 Å². The molecular formula is C10H11N3O4. The Morgan fingerprint density at radius 1 is 1.65 bits per heavy atom. The summed E-state index contributed by atoms with van der Waals surface area (Å²) in [7, 11) is 1.53. The maximum Gasteiger partial charge on any atom is 0.323 e. The molecule has 1 N–H and O–H groups in total. The summed E-state index contributed by atoms with van der Waals surface area (Å²) in [5.74, 6) is -0.229. The minimum absolute atomic E-state index is 0.148. The predicted molar refractivity (Wildman–Crippen MR) is 56.1 cm³/mol. The number of carboxylic acids is 1. The third-order valence-corrected chi connectivity index (χ3v) is 2.10. The lowest BCUT2D eigenvalue weighted by atomic mass is 10.4. The van der Waals surface area contributed by atoms with E-state index in [2.05, 4.69) is 10.1 Å². The smallest absolute Gasteiger partial charge is 0.323 e. The molecule has 0 saturated heterocycles. The van der Waals surface area contributed by atoms with Gasteiger partial charge in [0.05, 0.1) is 0 Å². The molecule has 0 aromatic carbocycles. The fourth-order valence-electron chi connectivity index (χ4n) is 1.44.